The number of imidazole rings is 1. The van der Waals surface area contributed by atoms with Crippen LogP contribution in [0.25, 0.3) is 11.0 Å². The van der Waals surface area contributed by atoms with Gasteiger partial charge in [0.1, 0.15) is 5.82 Å². The fraction of sp³-hybridized carbons (Fsp3) is 0.188. The number of nitrogens with one attached hydrogen (secondary N) is 1. The molecule has 2 N–H and O–H groups in total. The minimum atomic E-state index is 0.0744. The van der Waals surface area contributed by atoms with Gasteiger partial charge in [-0.2, -0.15) is 0 Å². The largest absolute Gasteiger partial charge is 0.392 e. The Bertz CT molecular complexity index is 716. The monoisotopic (exact) mass is 267 g/mol. The number of hydrogen-bond acceptors (Lipinski definition) is 3. The van der Waals surface area contributed by atoms with Gasteiger partial charge in [-0.3, -0.25) is 0 Å². The molecule has 0 atom stereocenters. The molecule has 0 unspecified atom stereocenters. The fourth-order valence-electron chi connectivity index (χ4n) is 2.26. The van der Waals surface area contributed by atoms with Gasteiger partial charge in [-0.15, -0.1) is 0 Å². The van der Waals surface area contributed by atoms with E-state index in [1.807, 2.05) is 49.5 Å². The molecule has 0 fully saturated rings. The van der Waals surface area contributed by atoms with E-state index in [9.17, 15) is 0 Å². The smallest absolute Gasteiger partial charge is 0.128 e. The first-order valence-corrected chi connectivity index (χ1v) is 6.62. The minimum Gasteiger partial charge on any atom is -0.392 e. The molecule has 4 heteroatoms. The number of benzene rings is 2. The average molecular weight is 267 g/mol. The molecule has 0 spiro atoms. The lowest BCUT2D eigenvalue weighted by Gasteiger charge is -2.07. The zero-order chi connectivity index (χ0) is 13.9. The highest BCUT2D eigenvalue weighted by atomic mass is 16.3. The predicted octanol–water partition coefficient (Wildman–Crippen LogP) is 2.68. The highest BCUT2D eigenvalue weighted by molar-refractivity contribution is 5.75. The van der Waals surface area contributed by atoms with Gasteiger partial charge < -0.3 is 15.0 Å². The van der Waals surface area contributed by atoms with E-state index in [1.165, 1.54) is 0 Å². The Morgan fingerprint density at radius 2 is 1.85 bits per heavy atom. The van der Waals surface area contributed by atoms with Crippen LogP contribution < -0.4 is 5.32 Å². The number of anilines is 1. The molecule has 0 amide bonds. The first-order valence-electron chi connectivity index (χ1n) is 6.62. The van der Waals surface area contributed by atoms with Crippen LogP contribution in [-0.2, 0) is 20.2 Å². The summed E-state index contributed by atoms with van der Waals surface area (Å²) in [6.07, 6.45) is 0. The first kappa shape index (κ1) is 12.7. The van der Waals surface area contributed by atoms with Gasteiger partial charge >= 0.3 is 0 Å². The standard InChI is InChI=1S/C16H17N3O/c1-19-15-5-3-2-4-14(15)18-16(19)10-17-13-8-6-12(11-20)7-9-13/h2-9,17,20H,10-11H2,1H3. The Morgan fingerprint density at radius 3 is 2.55 bits per heavy atom. The summed E-state index contributed by atoms with van der Waals surface area (Å²) in [5.74, 6) is 0.998. The second-order valence-electron chi connectivity index (χ2n) is 4.78. The number of aliphatic hydroxyl groups excluding tert-OH is 1. The number of aryl methyl sites for hydroxylation is 1. The summed E-state index contributed by atoms with van der Waals surface area (Å²) in [4.78, 5) is 4.62. The van der Waals surface area contributed by atoms with E-state index in [0.717, 1.165) is 28.1 Å². The lowest BCUT2D eigenvalue weighted by atomic mass is 10.2. The summed E-state index contributed by atoms with van der Waals surface area (Å²) >= 11 is 0. The van der Waals surface area contributed by atoms with E-state index in [-0.39, 0.29) is 6.61 Å². The maximum Gasteiger partial charge on any atom is 0.128 e. The van der Waals surface area contributed by atoms with Crippen molar-refractivity contribution in [1.82, 2.24) is 9.55 Å². The fourth-order valence-corrected chi connectivity index (χ4v) is 2.26. The van der Waals surface area contributed by atoms with Gasteiger partial charge in [0.25, 0.3) is 0 Å². The van der Waals surface area contributed by atoms with Gasteiger partial charge in [-0.25, -0.2) is 4.98 Å². The maximum absolute atomic E-state index is 9.02. The van der Waals surface area contributed by atoms with Crippen molar-refractivity contribution in [1.29, 1.82) is 0 Å². The third kappa shape index (κ3) is 2.38. The van der Waals surface area contributed by atoms with Crippen LogP contribution >= 0.6 is 0 Å². The Kier molecular flexibility index (Phi) is 3.39. The summed E-state index contributed by atoms with van der Waals surface area (Å²) in [6, 6.07) is 15.9. The minimum absolute atomic E-state index is 0.0744. The van der Waals surface area contributed by atoms with Gasteiger partial charge in [0.05, 0.1) is 24.2 Å². The number of para-hydroxylation sites is 2. The van der Waals surface area contributed by atoms with E-state index in [4.69, 9.17) is 5.11 Å². The molecule has 0 saturated heterocycles. The number of hydrogen-bond donors (Lipinski definition) is 2. The summed E-state index contributed by atoms with van der Waals surface area (Å²) in [5.41, 5.74) is 4.09. The Balaban J connectivity index is 1.77. The first-order chi connectivity index (χ1) is 9.78. The predicted molar refractivity (Wildman–Crippen MR) is 80.4 cm³/mol. The zero-order valence-corrected chi connectivity index (χ0v) is 11.4. The molecule has 3 rings (SSSR count). The third-order valence-corrected chi connectivity index (χ3v) is 3.47. The van der Waals surface area contributed by atoms with Crippen molar-refractivity contribution in [2.75, 3.05) is 5.32 Å². The van der Waals surface area contributed by atoms with Gasteiger partial charge in [0, 0.05) is 12.7 Å². The van der Waals surface area contributed by atoms with E-state index >= 15 is 0 Å². The number of aliphatic hydroxyl groups is 1. The molecule has 0 bridgehead atoms. The van der Waals surface area contributed by atoms with Crippen molar-refractivity contribution in [3.8, 4) is 0 Å². The Labute approximate surface area is 117 Å². The summed E-state index contributed by atoms with van der Waals surface area (Å²) < 4.78 is 2.10. The Morgan fingerprint density at radius 1 is 1.10 bits per heavy atom. The van der Waals surface area contributed by atoms with Crippen molar-refractivity contribution in [2.45, 2.75) is 13.2 Å². The highest BCUT2D eigenvalue weighted by Gasteiger charge is 2.06. The van der Waals surface area contributed by atoms with Crippen LogP contribution in [0.4, 0.5) is 5.69 Å². The lowest BCUT2D eigenvalue weighted by Crippen LogP contribution is -2.05. The second kappa shape index (κ2) is 5.35. The van der Waals surface area contributed by atoms with Gasteiger partial charge in [0.2, 0.25) is 0 Å². The van der Waals surface area contributed by atoms with Crippen LogP contribution in [-0.4, -0.2) is 14.7 Å². The van der Waals surface area contributed by atoms with Crippen LogP contribution in [0.15, 0.2) is 48.5 Å². The highest BCUT2D eigenvalue weighted by Crippen LogP contribution is 2.16. The molecule has 1 heterocycles. The molecular weight excluding hydrogens is 250 g/mol. The van der Waals surface area contributed by atoms with Crippen LogP contribution in [0.3, 0.4) is 0 Å². The van der Waals surface area contributed by atoms with E-state index < -0.39 is 0 Å². The molecular formula is C16H17N3O. The average Bonchev–Trinajstić information content (AvgIpc) is 2.83. The molecule has 102 valence electrons. The Hall–Kier alpha value is -2.33. The third-order valence-electron chi connectivity index (χ3n) is 3.47. The van der Waals surface area contributed by atoms with Crippen LogP contribution in [0.1, 0.15) is 11.4 Å². The summed E-state index contributed by atoms with van der Waals surface area (Å²) in [6.45, 7) is 0.745. The van der Waals surface area contributed by atoms with Gasteiger partial charge in [-0.05, 0) is 29.8 Å². The summed E-state index contributed by atoms with van der Waals surface area (Å²) in [7, 11) is 2.03. The van der Waals surface area contributed by atoms with Crippen molar-refractivity contribution < 1.29 is 5.11 Å². The topological polar surface area (TPSA) is 50.1 Å². The van der Waals surface area contributed by atoms with Gasteiger partial charge in [0.15, 0.2) is 0 Å². The maximum atomic E-state index is 9.02. The molecule has 1 aromatic heterocycles. The zero-order valence-electron chi connectivity index (χ0n) is 11.4. The molecule has 0 saturated carbocycles. The molecule has 0 aliphatic carbocycles. The SMILES string of the molecule is Cn1c(CNc2ccc(CO)cc2)nc2ccccc21. The number of nitrogens with zero attached hydrogens (tertiary/aromatic N) is 2. The van der Waals surface area contributed by atoms with Crippen molar-refractivity contribution in [2.24, 2.45) is 7.05 Å². The van der Waals surface area contributed by atoms with Crippen LogP contribution in [0, 0.1) is 0 Å². The van der Waals surface area contributed by atoms with E-state index in [1.54, 1.807) is 0 Å². The molecule has 4 nitrogen and oxygen atoms in total. The molecule has 20 heavy (non-hydrogen) atoms. The van der Waals surface area contributed by atoms with Crippen molar-refractivity contribution >= 4 is 16.7 Å². The molecule has 0 aliphatic heterocycles. The normalized spacial score (nSPS) is 10.9. The molecule has 3 aromatic rings. The quantitative estimate of drug-likeness (QED) is 0.764. The molecule has 2 aromatic carbocycles. The van der Waals surface area contributed by atoms with Crippen molar-refractivity contribution in [3.63, 3.8) is 0 Å². The number of aromatic nitrogens is 2. The van der Waals surface area contributed by atoms with E-state index in [2.05, 4.69) is 20.9 Å². The lowest BCUT2D eigenvalue weighted by molar-refractivity contribution is 0.282. The summed E-state index contributed by atoms with van der Waals surface area (Å²) in [5, 5.41) is 12.4. The number of fused-ring (bicyclic) bond motifs is 1. The van der Waals surface area contributed by atoms with Gasteiger partial charge in [-0.1, -0.05) is 24.3 Å². The van der Waals surface area contributed by atoms with Crippen LogP contribution in [0.2, 0.25) is 0 Å². The van der Waals surface area contributed by atoms with Crippen LogP contribution in [0.5, 0.6) is 0 Å². The molecule has 0 radical (unpaired) electrons. The van der Waals surface area contributed by atoms with E-state index in [0.29, 0.717) is 6.54 Å². The second-order valence-corrected chi connectivity index (χ2v) is 4.78. The van der Waals surface area contributed by atoms with Crippen molar-refractivity contribution in [3.05, 3.63) is 59.9 Å². The number of rotatable bonds is 4. The molecule has 0 aliphatic rings.